The van der Waals surface area contributed by atoms with E-state index in [-0.39, 0.29) is 54.1 Å². The van der Waals surface area contributed by atoms with E-state index in [9.17, 15) is 40.8 Å². The number of ketones is 1. The lowest BCUT2D eigenvalue weighted by Crippen LogP contribution is -2.50. The van der Waals surface area contributed by atoms with Crippen LogP contribution in [-0.4, -0.2) is 104 Å². The van der Waals surface area contributed by atoms with E-state index < -0.39 is 110 Å². The van der Waals surface area contributed by atoms with Gasteiger partial charge >= 0.3 is 12.1 Å². The Bertz CT molecular complexity index is 2200. The van der Waals surface area contributed by atoms with Gasteiger partial charge in [-0.2, -0.15) is 13.2 Å². The normalized spacial score (nSPS) is 28.7. The average molecular weight is 884 g/mol. The molecular formula is C42H53F4N3O11S. The van der Waals surface area contributed by atoms with Crippen molar-refractivity contribution >= 4 is 44.5 Å². The van der Waals surface area contributed by atoms with Crippen molar-refractivity contribution in [1.29, 1.82) is 0 Å². The number of rotatable bonds is 11. The number of benzene rings is 1. The van der Waals surface area contributed by atoms with Crippen LogP contribution in [0.2, 0.25) is 0 Å². The molecule has 1 saturated heterocycles. The van der Waals surface area contributed by atoms with Crippen molar-refractivity contribution in [2.45, 2.75) is 133 Å². The molecule has 2 aliphatic heterocycles. The maximum atomic E-state index is 15.1. The molecule has 2 amide bonds. The predicted molar refractivity (Wildman–Crippen MR) is 212 cm³/mol. The van der Waals surface area contributed by atoms with Gasteiger partial charge in [-0.15, -0.1) is 0 Å². The SMILES string of the molecule is CC[C@@H]1O[C@H](C)CC/C=C\[C@@H]2C[C@@]2(C(=O)NS(=O)(=O)C2(C)CC2)CC(=O)[C@@H]2C[C@@H](Oc3cc(OC)nc4cc(OC)c(F)cc34)CN2C(=O)[C@H]1CC(=O)OC(C)(C)C(F)(F)F. The van der Waals surface area contributed by atoms with E-state index in [0.717, 1.165) is 6.07 Å². The van der Waals surface area contributed by atoms with Crippen molar-refractivity contribution in [3.63, 3.8) is 0 Å². The summed E-state index contributed by atoms with van der Waals surface area (Å²) < 4.78 is 112. The highest BCUT2D eigenvalue weighted by Gasteiger charge is 2.63. The van der Waals surface area contributed by atoms with Crippen LogP contribution in [0.25, 0.3) is 10.9 Å². The Hall–Kier alpha value is -4.52. The summed E-state index contributed by atoms with van der Waals surface area (Å²) in [5, 5.41) is 0.205. The number of nitrogens with zero attached hydrogens (tertiary/aromatic N) is 2. The summed E-state index contributed by atoms with van der Waals surface area (Å²) in [6.45, 7) is 6.06. The zero-order chi connectivity index (χ0) is 44.9. The summed E-state index contributed by atoms with van der Waals surface area (Å²) in [5.41, 5.74) is -4.12. The standard InChI is InChI=1S/C42H53F4N3O11S/c1-8-32-27(17-36(51)60-39(3,4)42(44,45)46)37(52)49-22-25(59-33-19-35(57-7)47-29-18-34(56-6)28(43)16-26(29)33)15-30(49)31(50)21-41(20-24(41)12-10-9-11-23(2)58-32)38(53)48-61(54,55)40(5)13-14-40/h10,12,16,18-19,23-25,27,30,32H,8-9,11,13-15,17,20-22H2,1-7H3,(H,48,53)/b12-10-/t23-,24-,25-,27+,30+,32+,41-/m1/s1. The van der Waals surface area contributed by atoms with Gasteiger partial charge in [0.15, 0.2) is 17.3 Å². The Labute approximate surface area is 352 Å². The second-order valence-corrected chi connectivity index (χ2v) is 19.5. The molecule has 3 fully saturated rings. The number of methoxy groups -OCH3 is 2. The predicted octanol–water partition coefficient (Wildman–Crippen LogP) is 6.13. The van der Waals surface area contributed by atoms with Gasteiger partial charge in [-0.05, 0) is 78.2 Å². The van der Waals surface area contributed by atoms with E-state index in [4.69, 9.17) is 23.7 Å². The fourth-order valence-corrected chi connectivity index (χ4v) is 9.41. The highest BCUT2D eigenvalue weighted by Crippen LogP contribution is 2.58. The summed E-state index contributed by atoms with van der Waals surface area (Å²) in [7, 11) is -1.44. The molecule has 0 spiro atoms. The van der Waals surface area contributed by atoms with Gasteiger partial charge in [0, 0.05) is 30.4 Å². The number of carbonyl (C=O) groups is 4. The average Bonchev–Trinajstić information content (AvgIpc) is 4.06. The lowest BCUT2D eigenvalue weighted by molar-refractivity contribution is -0.258. The zero-order valence-corrected chi connectivity index (χ0v) is 36.0. The van der Waals surface area contributed by atoms with E-state index in [0.29, 0.717) is 39.5 Å². The molecule has 1 aromatic carbocycles. The summed E-state index contributed by atoms with van der Waals surface area (Å²) >= 11 is 0. The van der Waals surface area contributed by atoms with E-state index in [1.54, 1.807) is 19.9 Å². The summed E-state index contributed by atoms with van der Waals surface area (Å²) in [6, 6.07) is 2.57. The van der Waals surface area contributed by atoms with Crippen LogP contribution in [0.15, 0.2) is 30.4 Å². The van der Waals surface area contributed by atoms with Crippen LogP contribution < -0.4 is 18.9 Å². The molecule has 2 saturated carbocycles. The number of amides is 2. The van der Waals surface area contributed by atoms with Gasteiger partial charge < -0.3 is 28.6 Å². The lowest BCUT2D eigenvalue weighted by Gasteiger charge is -2.34. The first-order valence-corrected chi connectivity index (χ1v) is 21.9. The van der Waals surface area contributed by atoms with Crippen molar-refractivity contribution < 1.29 is 68.8 Å². The molecule has 19 heteroatoms. The molecule has 2 aromatic rings. The molecule has 3 heterocycles. The minimum atomic E-state index is -4.93. The van der Waals surface area contributed by atoms with Crippen molar-refractivity contribution in [2.75, 3.05) is 20.8 Å². The number of Topliss-reactive ketones (excluding diaryl/α,β-unsaturated/α-hetero) is 1. The van der Waals surface area contributed by atoms with Crippen molar-refractivity contribution in [3.05, 3.63) is 36.2 Å². The zero-order valence-electron chi connectivity index (χ0n) is 35.2. The number of pyridine rings is 1. The Balaban J connectivity index is 1.40. The minimum absolute atomic E-state index is 0.0798. The third-order valence-corrected chi connectivity index (χ3v) is 14.6. The highest BCUT2D eigenvalue weighted by molar-refractivity contribution is 7.91. The van der Waals surface area contributed by atoms with Gasteiger partial charge in [-0.25, -0.2) is 17.8 Å². The number of hydrogen-bond donors (Lipinski definition) is 1. The van der Waals surface area contributed by atoms with Crippen LogP contribution >= 0.6 is 0 Å². The molecule has 1 N–H and O–H groups in total. The Morgan fingerprint density at radius 2 is 1.79 bits per heavy atom. The van der Waals surface area contributed by atoms with Gasteiger partial charge in [0.1, 0.15) is 11.9 Å². The molecule has 0 radical (unpaired) electrons. The van der Waals surface area contributed by atoms with Crippen LogP contribution in [-0.2, 0) is 38.7 Å². The summed E-state index contributed by atoms with van der Waals surface area (Å²) in [5.74, 6) is -6.17. The van der Waals surface area contributed by atoms with Crippen molar-refractivity contribution in [2.24, 2.45) is 17.3 Å². The minimum Gasteiger partial charge on any atom is -0.494 e. The molecule has 336 valence electrons. The van der Waals surface area contributed by atoms with Gasteiger partial charge in [0.25, 0.3) is 0 Å². The molecule has 7 atom stereocenters. The third-order valence-electron chi connectivity index (χ3n) is 12.5. The van der Waals surface area contributed by atoms with Crippen LogP contribution in [0.3, 0.4) is 0 Å². The second kappa shape index (κ2) is 17.0. The smallest absolute Gasteiger partial charge is 0.427 e. The van der Waals surface area contributed by atoms with Gasteiger partial charge in [0.05, 0.1) is 67.0 Å². The maximum absolute atomic E-state index is 15.1. The monoisotopic (exact) mass is 883 g/mol. The number of sulfonamides is 1. The van der Waals surface area contributed by atoms with Crippen LogP contribution in [0.4, 0.5) is 17.6 Å². The topological polar surface area (TPSA) is 177 Å². The van der Waals surface area contributed by atoms with E-state index in [1.165, 1.54) is 38.2 Å². The first-order valence-electron chi connectivity index (χ1n) is 20.4. The van der Waals surface area contributed by atoms with Gasteiger partial charge in [-0.3, -0.25) is 23.9 Å². The number of ether oxygens (including phenoxy) is 5. The Kier molecular flexibility index (Phi) is 12.8. The fraction of sp³-hybridized carbons (Fsp3) is 0.643. The number of halogens is 4. The van der Waals surface area contributed by atoms with Crippen molar-refractivity contribution in [3.8, 4) is 17.4 Å². The first kappa shape index (κ1) is 46.0. The maximum Gasteiger partial charge on any atom is 0.427 e. The van der Waals surface area contributed by atoms with Gasteiger partial charge in [0.2, 0.25) is 33.3 Å². The number of allylic oxidation sites excluding steroid dienone is 2. The molecule has 61 heavy (non-hydrogen) atoms. The van der Waals surface area contributed by atoms with E-state index >= 15 is 4.39 Å². The number of nitrogens with one attached hydrogen (secondary N) is 1. The molecule has 14 nitrogen and oxygen atoms in total. The molecular weight excluding hydrogens is 831 g/mol. The Morgan fingerprint density at radius 3 is 2.41 bits per heavy atom. The fourth-order valence-electron chi connectivity index (χ4n) is 8.08. The number of alkyl halides is 3. The summed E-state index contributed by atoms with van der Waals surface area (Å²) in [6.07, 6.45) is -3.42. The number of esters is 1. The molecule has 2 aliphatic carbocycles. The Morgan fingerprint density at radius 1 is 1.08 bits per heavy atom. The van der Waals surface area contributed by atoms with E-state index in [1.807, 2.05) is 6.08 Å². The van der Waals surface area contributed by atoms with Crippen LogP contribution in [0, 0.1) is 23.1 Å². The van der Waals surface area contributed by atoms with Gasteiger partial charge in [-0.1, -0.05) is 19.1 Å². The largest absolute Gasteiger partial charge is 0.494 e. The molecule has 4 aliphatic rings. The van der Waals surface area contributed by atoms with E-state index in [2.05, 4.69) is 9.71 Å². The molecule has 1 aromatic heterocycles. The molecule has 6 rings (SSSR count). The van der Waals surface area contributed by atoms with Crippen molar-refractivity contribution in [1.82, 2.24) is 14.6 Å². The summed E-state index contributed by atoms with van der Waals surface area (Å²) in [4.78, 5) is 62.6. The number of carbonyl (C=O) groups excluding carboxylic acids is 4. The van der Waals surface area contributed by atoms with Crippen LogP contribution in [0.5, 0.6) is 17.4 Å². The number of fused-ring (bicyclic) bond motifs is 3. The first-order chi connectivity index (χ1) is 28.5. The second-order valence-electron chi connectivity index (χ2n) is 17.3. The lowest BCUT2D eigenvalue weighted by atomic mass is 9.90. The number of hydrogen-bond acceptors (Lipinski definition) is 12. The molecule has 0 unspecified atom stereocenters. The van der Waals surface area contributed by atoms with Crippen LogP contribution in [0.1, 0.15) is 92.4 Å². The quantitative estimate of drug-likeness (QED) is 0.156. The number of aromatic nitrogens is 1. The third kappa shape index (κ3) is 9.46. The molecule has 0 bridgehead atoms. The highest BCUT2D eigenvalue weighted by atomic mass is 32.2.